The van der Waals surface area contributed by atoms with Crippen molar-refractivity contribution in [3.63, 3.8) is 0 Å². The van der Waals surface area contributed by atoms with E-state index in [9.17, 15) is 9.59 Å². The van der Waals surface area contributed by atoms with E-state index in [4.69, 9.17) is 0 Å². The molecule has 0 radical (unpaired) electrons. The summed E-state index contributed by atoms with van der Waals surface area (Å²) >= 11 is 0. The Bertz CT molecular complexity index is 924. The summed E-state index contributed by atoms with van der Waals surface area (Å²) in [7, 11) is 0. The summed E-state index contributed by atoms with van der Waals surface area (Å²) < 4.78 is 0. The van der Waals surface area contributed by atoms with Crippen LogP contribution in [0.2, 0.25) is 0 Å². The lowest BCUT2D eigenvalue weighted by molar-refractivity contribution is -0.114. The number of benzene rings is 2. The molecule has 0 fully saturated rings. The Morgan fingerprint density at radius 3 is 2.17 bits per heavy atom. The topological polar surface area (TPSA) is 74.0 Å². The van der Waals surface area contributed by atoms with Gasteiger partial charge in [0.2, 0.25) is 5.91 Å². The van der Waals surface area contributed by atoms with E-state index in [0.717, 1.165) is 22.0 Å². The van der Waals surface area contributed by atoms with Gasteiger partial charge in [-0.15, -0.1) is 0 Å². The van der Waals surface area contributed by atoms with E-state index in [-0.39, 0.29) is 11.8 Å². The number of fused-ring (bicyclic) bond motifs is 1. The van der Waals surface area contributed by atoms with Crippen molar-refractivity contribution in [2.45, 2.75) is 20.8 Å². The summed E-state index contributed by atoms with van der Waals surface area (Å²) in [5.41, 5.74) is 4.95. The van der Waals surface area contributed by atoms with Gasteiger partial charge in [0.25, 0.3) is 5.91 Å². The quantitative estimate of drug-likeness (QED) is 0.682. The molecule has 0 unspecified atom stereocenters. The van der Waals surface area contributed by atoms with Gasteiger partial charge in [0.05, 0.1) is 0 Å². The minimum atomic E-state index is -0.186. The van der Waals surface area contributed by atoms with Crippen molar-refractivity contribution in [3.8, 4) is 0 Å². The molecule has 0 saturated carbocycles. The highest BCUT2D eigenvalue weighted by molar-refractivity contribution is 6.08. The van der Waals surface area contributed by atoms with Crippen molar-refractivity contribution in [1.82, 2.24) is 4.98 Å². The summed E-state index contributed by atoms with van der Waals surface area (Å²) in [6.45, 7) is 5.41. The van der Waals surface area contributed by atoms with Gasteiger partial charge in [0.1, 0.15) is 5.69 Å². The molecule has 0 aliphatic heterocycles. The largest absolute Gasteiger partial charge is 0.350 e. The number of aromatic amines is 1. The average molecular weight is 321 g/mol. The maximum Gasteiger partial charge on any atom is 0.272 e. The van der Waals surface area contributed by atoms with Crippen LogP contribution >= 0.6 is 0 Å². The molecule has 1 aromatic heterocycles. The molecule has 122 valence electrons. The first-order valence-electron chi connectivity index (χ1n) is 7.72. The van der Waals surface area contributed by atoms with Gasteiger partial charge in [0, 0.05) is 29.2 Å². The highest BCUT2D eigenvalue weighted by atomic mass is 16.2. The molecule has 0 saturated heterocycles. The zero-order chi connectivity index (χ0) is 17.3. The number of aromatic nitrogens is 1. The van der Waals surface area contributed by atoms with Crippen molar-refractivity contribution in [2.24, 2.45) is 0 Å². The first kappa shape index (κ1) is 15.8. The number of carbonyl (C=O) groups excluding carboxylic acids is 2. The summed E-state index contributed by atoms with van der Waals surface area (Å²) in [5.74, 6) is -0.315. The molecule has 2 amide bonds. The van der Waals surface area contributed by atoms with E-state index in [2.05, 4.69) is 15.6 Å². The number of aryl methyl sites for hydroxylation is 2. The summed E-state index contributed by atoms with van der Waals surface area (Å²) in [6, 6.07) is 13.1. The van der Waals surface area contributed by atoms with Crippen LogP contribution < -0.4 is 10.6 Å². The number of hydrogen-bond donors (Lipinski definition) is 3. The number of H-pyrrole nitrogens is 1. The molecule has 1 heterocycles. The third kappa shape index (κ3) is 3.15. The van der Waals surface area contributed by atoms with Gasteiger partial charge in [-0.25, -0.2) is 0 Å². The molecule has 0 bridgehead atoms. The predicted octanol–water partition coefficient (Wildman–Crippen LogP) is 4.00. The van der Waals surface area contributed by atoms with Gasteiger partial charge >= 0.3 is 0 Å². The molecule has 0 aliphatic carbocycles. The maximum absolute atomic E-state index is 12.5. The molecule has 0 aliphatic rings. The SMILES string of the molecule is CC(=O)Nc1ccc(NC(=O)c2[nH]c3cc(C)ccc3c2C)cc1. The number of hydrogen-bond acceptors (Lipinski definition) is 2. The number of carbonyl (C=O) groups is 2. The Kier molecular flexibility index (Phi) is 4.08. The van der Waals surface area contributed by atoms with E-state index in [1.807, 2.05) is 32.0 Å². The normalized spacial score (nSPS) is 10.6. The zero-order valence-electron chi connectivity index (χ0n) is 13.9. The molecule has 3 aromatic rings. The Morgan fingerprint density at radius 2 is 1.54 bits per heavy atom. The molecule has 0 spiro atoms. The first-order chi connectivity index (χ1) is 11.4. The van der Waals surface area contributed by atoms with Crippen LogP contribution in [0.25, 0.3) is 10.9 Å². The van der Waals surface area contributed by atoms with Crippen molar-refractivity contribution in [3.05, 3.63) is 59.3 Å². The van der Waals surface area contributed by atoms with Gasteiger partial charge in [-0.2, -0.15) is 0 Å². The predicted molar refractivity (Wildman–Crippen MR) is 96.5 cm³/mol. The van der Waals surface area contributed by atoms with Crippen LogP contribution in [0.3, 0.4) is 0 Å². The van der Waals surface area contributed by atoms with E-state index < -0.39 is 0 Å². The van der Waals surface area contributed by atoms with Gasteiger partial charge in [0.15, 0.2) is 0 Å². The lowest BCUT2D eigenvalue weighted by atomic mass is 10.1. The Labute approximate surface area is 140 Å². The number of amides is 2. The van der Waals surface area contributed by atoms with E-state index in [0.29, 0.717) is 17.1 Å². The Balaban J connectivity index is 1.82. The molecule has 3 rings (SSSR count). The smallest absolute Gasteiger partial charge is 0.272 e. The second kappa shape index (κ2) is 6.20. The van der Waals surface area contributed by atoms with Gasteiger partial charge in [-0.05, 0) is 55.3 Å². The minimum absolute atomic E-state index is 0.129. The molecule has 2 aromatic carbocycles. The molecule has 0 atom stereocenters. The molecule has 5 heteroatoms. The minimum Gasteiger partial charge on any atom is -0.350 e. The molecular weight excluding hydrogens is 302 g/mol. The van der Waals surface area contributed by atoms with Crippen molar-refractivity contribution < 1.29 is 9.59 Å². The number of rotatable bonds is 3. The fourth-order valence-electron chi connectivity index (χ4n) is 2.71. The van der Waals surface area contributed by atoms with Crippen LogP contribution in [0.15, 0.2) is 42.5 Å². The molecule has 5 nitrogen and oxygen atoms in total. The van der Waals surface area contributed by atoms with Crippen molar-refractivity contribution in [2.75, 3.05) is 10.6 Å². The van der Waals surface area contributed by atoms with Gasteiger partial charge < -0.3 is 15.6 Å². The van der Waals surface area contributed by atoms with E-state index in [1.54, 1.807) is 24.3 Å². The lowest BCUT2D eigenvalue weighted by Crippen LogP contribution is -2.13. The Hall–Kier alpha value is -3.08. The standard InChI is InChI=1S/C19H19N3O2/c1-11-4-9-16-12(2)18(22-17(16)10-11)19(24)21-15-7-5-14(6-8-15)20-13(3)23/h4-10,22H,1-3H3,(H,20,23)(H,21,24). The highest BCUT2D eigenvalue weighted by Crippen LogP contribution is 2.23. The number of nitrogens with one attached hydrogen (secondary N) is 3. The average Bonchev–Trinajstić information content (AvgIpc) is 2.85. The lowest BCUT2D eigenvalue weighted by Gasteiger charge is -2.06. The third-order valence-electron chi connectivity index (χ3n) is 3.90. The van der Waals surface area contributed by atoms with Crippen LogP contribution in [0.5, 0.6) is 0 Å². The fourth-order valence-corrected chi connectivity index (χ4v) is 2.71. The first-order valence-corrected chi connectivity index (χ1v) is 7.72. The number of anilines is 2. The third-order valence-corrected chi connectivity index (χ3v) is 3.90. The molecule has 24 heavy (non-hydrogen) atoms. The second-order valence-electron chi connectivity index (χ2n) is 5.89. The van der Waals surface area contributed by atoms with Crippen molar-refractivity contribution >= 4 is 34.1 Å². The monoisotopic (exact) mass is 321 g/mol. The fraction of sp³-hybridized carbons (Fsp3) is 0.158. The van der Waals surface area contributed by atoms with E-state index in [1.165, 1.54) is 6.92 Å². The summed E-state index contributed by atoms with van der Waals surface area (Å²) in [5, 5.41) is 6.61. The summed E-state index contributed by atoms with van der Waals surface area (Å²) in [6.07, 6.45) is 0. The van der Waals surface area contributed by atoms with Crippen LogP contribution in [-0.2, 0) is 4.79 Å². The van der Waals surface area contributed by atoms with Crippen LogP contribution in [-0.4, -0.2) is 16.8 Å². The second-order valence-corrected chi connectivity index (χ2v) is 5.89. The highest BCUT2D eigenvalue weighted by Gasteiger charge is 2.15. The van der Waals surface area contributed by atoms with Crippen LogP contribution in [0, 0.1) is 13.8 Å². The molecule has 3 N–H and O–H groups in total. The van der Waals surface area contributed by atoms with Crippen LogP contribution in [0.1, 0.15) is 28.5 Å². The van der Waals surface area contributed by atoms with Crippen molar-refractivity contribution in [1.29, 1.82) is 0 Å². The maximum atomic E-state index is 12.5. The summed E-state index contributed by atoms with van der Waals surface area (Å²) in [4.78, 5) is 26.8. The van der Waals surface area contributed by atoms with E-state index >= 15 is 0 Å². The zero-order valence-corrected chi connectivity index (χ0v) is 13.9. The molecular formula is C19H19N3O2. The van der Waals surface area contributed by atoms with Crippen LogP contribution in [0.4, 0.5) is 11.4 Å². The Morgan fingerprint density at radius 1 is 0.917 bits per heavy atom. The van der Waals surface area contributed by atoms with Gasteiger partial charge in [-0.3, -0.25) is 9.59 Å². The van der Waals surface area contributed by atoms with Gasteiger partial charge in [-0.1, -0.05) is 12.1 Å².